The number of aromatic nitrogens is 2. The summed E-state index contributed by atoms with van der Waals surface area (Å²) in [6.07, 6.45) is 2.07. The van der Waals surface area contributed by atoms with Crippen LogP contribution in [0, 0.1) is 5.92 Å². The highest BCUT2D eigenvalue weighted by Gasteiger charge is 2.10. The van der Waals surface area contributed by atoms with Gasteiger partial charge in [-0.3, -0.25) is 4.68 Å². The molecule has 1 unspecified atom stereocenters. The monoisotopic (exact) mass is 217 g/mol. The summed E-state index contributed by atoms with van der Waals surface area (Å²) in [6.45, 7) is 2.99. The lowest BCUT2D eigenvalue weighted by Crippen LogP contribution is -2.08. The molecule has 0 radical (unpaired) electrons. The summed E-state index contributed by atoms with van der Waals surface area (Å²) in [4.78, 5) is 0. The van der Waals surface area contributed by atoms with Crippen LogP contribution in [0.1, 0.15) is 19.0 Å². The van der Waals surface area contributed by atoms with E-state index in [9.17, 15) is 0 Å². The van der Waals surface area contributed by atoms with Gasteiger partial charge >= 0.3 is 0 Å². The molecule has 1 aromatic heterocycles. The largest absolute Gasteiger partial charge is 0.330 e. The molecule has 0 fully saturated rings. The molecule has 3 heteroatoms. The van der Waals surface area contributed by atoms with Crippen LogP contribution in [0.15, 0.2) is 24.3 Å². The maximum Gasteiger partial charge on any atom is 0.0705 e. The summed E-state index contributed by atoms with van der Waals surface area (Å²) in [5.74, 6) is 0.600. The van der Waals surface area contributed by atoms with Crippen molar-refractivity contribution in [1.82, 2.24) is 9.78 Å². The molecule has 0 aliphatic rings. The van der Waals surface area contributed by atoms with Gasteiger partial charge in [0, 0.05) is 12.4 Å². The van der Waals surface area contributed by atoms with Crippen LogP contribution < -0.4 is 5.73 Å². The molecule has 0 saturated heterocycles. The summed E-state index contributed by atoms with van der Waals surface area (Å²) in [5.41, 5.74) is 7.97. The third kappa shape index (κ3) is 2.09. The first kappa shape index (κ1) is 11.1. The van der Waals surface area contributed by atoms with Gasteiger partial charge in [-0.2, -0.15) is 5.10 Å². The SMILES string of the molecule is CC(CCN)Cc1nn(C)c2ccccc12. The zero-order valence-corrected chi connectivity index (χ0v) is 9.98. The van der Waals surface area contributed by atoms with Gasteiger partial charge in [0.25, 0.3) is 0 Å². The Morgan fingerprint density at radius 2 is 2.12 bits per heavy atom. The summed E-state index contributed by atoms with van der Waals surface area (Å²) in [7, 11) is 2.00. The number of aryl methyl sites for hydroxylation is 1. The van der Waals surface area contributed by atoms with Crippen molar-refractivity contribution in [3.05, 3.63) is 30.0 Å². The molecule has 2 rings (SSSR count). The Balaban J connectivity index is 2.31. The smallest absolute Gasteiger partial charge is 0.0705 e. The molecular weight excluding hydrogens is 198 g/mol. The zero-order valence-electron chi connectivity index (χ0n) is 9.98. The fourth-order valence-corrected chi connectivity index (χ4v) is 2.16. The first-order chi connectivity index (χ1) is 7.72. The van der Waals surface area contributed by atoms with Gasteiger partial charge in [-0.05, 0) is 31.4 Å². The second-order valence-electron chi connectivity index (χ2n) is 4.47. The minimum absolute atomic E-state index is 0.600. The number of nitrogens with zero attached hydrogens (tertiary/aromatic N) is 2. The van der Waals surface area contributed by atoms with Crippen molar-refractivity contribution >= 4 is 10.9 Å². The van der Waals surface area contributed by atoms with Crippen molar-refractivity contribution in [2.24, 2.45) is 18.7 Å². The standard InChI is InChI=1S/C13H19N3/c1-10(7-8-14)9-12-11-5-3-4-6-13(11)16(2)15-12/h3-6,10H,7-9,14H2,1-2H3. The van der Waals surface area contributed by atoms with Crippen LogP contribution in [0.4, 0.5) is 0 Å². The van der Waals surface area contributed by atoms with Crippen molar-refractivity contribution in [1.29, 1.82) is 0 Å². The van der Waals surface area contributed by atoms with Crippen molar-refractivity contribution in [3.8, 4) is 0 Å². The van der Waals surface area contributed by atoms with Gasteiger partial charge in [0.15, 0.2) is 0 Å². The molecule has 0 spiro atoms. The molecule has 0 aliphatic heterocycles. The highest BCUT2D eigenvalue weighted by Crippen LogP contribution is 2.20. The first-order valence-electron chi connectivity index (χ1n) is 5.83. The van der Waals surface area contributed by atoms with Crippen molar-refractivity contribution < 1.29 is 0 Å². The zero-order chi connectivity index (χ0) is 11.5. The molecule has 0 aliphatic carbocycles. The van der Waals surface area contributed by atoms with Crippen LogP contribution in [-0.4, -0.2) is 16.3 Å². The summed E-state index contributed by atoms with van der Waals surface area (Å²) in [5, 5.41) is 5.86. The Bertz CT molecular complexity index is 473. The topological polar surface area (TPSA) is 43.8 Å². The van der Waals surface area contributed by atoms with Gasteiger partial charge in [0.1, 0.15) is 0 Å². The lowest BCUT2D eigenvalue weighted by molar-refractivity contribution is 0.529. The Labute approximate surface area is 96.2 Å². The van der Waals surface area contributed by atoms with Gasteiger partial charge in [-0.25, -0.2) is 0 Å². The minimum Gasteiger partial charge on any atom is -0.330 e. The molecule has 2 aromatic rings. The number of rotatable bonds is 4. The number of fused-ring (bicyclic) bond motifs is 1. The molecule has 0 bridgehead atoms. The minimum atomic E-state index is 0.600. The molecule has 0 saturated carbocycles. The molecule has 1 atom stereocenters. The van der Waals surface area contributed by atoms with E-state index in [4.69, 9.17) is 5.73 Å². The quantitative estimate of drug-likeness (QED) is 0.852. The Hall–Kier alpha value is -1.35. The molecular formula is C13H19N3. The predicted molar refractivity (Wildman–Crippen MR) is 67.3 cm³/mol. The van der Waals surface area contributed by atoms with Gasteiger partial charge in [-0.15, -0.1) is 0 Å². The third-order valence-corrected chi connectivity index (χ3v) is 3.04. The lowest BCUT2D eigenvalue weighted by atomic mass is 10.00. The molecule has 1 heterocycles. The second-order valence-corrected chi connectivity index (χ2v) is 4.47. The van der Waals surface area contributed by atoms with Gasteiger partial charge in [0.05, 0.1) is 11.2 Å². The van der Waals surface area contributed by atoms with E-state index in [1.165, 1.54) is 16.6 Å². The predicted octanol–water partition coefficient (Wildman–Crippen LogP) is 2.10. The van der Waals surface area contributed by atoms with Crippen LogP contribution in [0.5, 0.6) is 0 Å². The van der Waals surface area contributed by atoms with Crippen molar-refractivity contribution in [2.75, 3.05) is 6.54 Å². The van der Waals surface area contributed by atoms with Crippen LogP contribution in [0.25, 0.3) is 10.9 Å². The third-order valence-electron chi connectivity index (χ3n) is 3.04. The van der Waals surface area contributed by atoms with E-state index < -0.39 is 0 Å². The van der Waals surface area contributed by atoms with Gasteiger partial charge in [0.2, 0.25) is 0 Å². The maximum absolute atomic E-state index is 5.58. The average molecular weight is 217 g/mol. The van der Waals surface area contributed by atoms with E-state index in [0.717, 1.165) is 19.4 Å². The fourth-order valence-electron chi connectivity index (χ4n) is 2.16. The van der Waals surface area contributed by atoms with Gasteiger partial charge < -0.3 is 5.73 Å². The summed E-state index contributed by atoms with van der Waals surface area (Å²) >= 11 is 0. The van der Waals surface area contributed by atoms with Gasteiger partial charge in [-0.1, -0.05) is 25.1 Å². The first-order valence-corrected chi connectivity index (χ1v) is 5.83. The summed E-state index contributed by atoms with van der Waals surface area (Å²) < 4.78 is 1.96. The average Bonchev–Trinajstić information content (AvgIpc) is 2.57. The molecule has 16 heavy (non-hydrogen) atoms. The normalized spacial score (nSPS) is 13.2. The maximum atomic E-state index is 5.58. The Morgan fingerprint density at radius 1 is 1.38 bits per heavy atom. The van der Waals surface area contributed by atoms with Crippen LogP contribution in [0.2, 0.25) is 0 Å². The highest BCUT2D eigenvalue weighted by atomic mass is 15.3. The second kappa shape index (κ2) is 4.66. The molecule has 3 nitrogen and oxygen atoms in total. The lowest BCUT2D eigenvalue weighted by Gasteiger charge is -2.07. The van der Waals surface area contributed by atoms with E-state index >= 15 is 0 Å². The van der Waals surface area contributed by atoms with E-state index in [2.05, 4.69) is 36.3 Å². The van der Waals surface area contributed by atoms with E-state index in [1.54, 1.807) is 0 Å². The van der Waals surface area contributed by atoms with Crippen LogP contribution in [-0.2, 0) is 13.5 Å². The number of para-hydroxylation sites is 1. The van der Waals surface area contributed by atoms with Crippen LogP contribution in [0.3, 0.4) is 0 Å². The number of hydrogen-bond acceptors (Lipinski definition) is 2. The fraction of sp³-hybridized carbons (Fsp3) is 0.462. The Kier molecular flexibility index (Phi) is 3.25. The number of benzene rings is 1. The van der Waals surface area contributed by atoms with Crippen LogP contribution >= 0.6 is 0 Å². The molecule has 1 aromatic carbocycles. The van der Waals surface area contributed by atoms with Crippen molar-refractivity contribution in [3.63, 3.8) is 0 Å². The van der Waals surface area contributed by atoms with E-state index in [-0.39, 0.29) is 0 Å². The number of hydrogen-bond donors (Lipinski definition) is 1. The molecule has 0 amide bonds. The molecule has 86 valence electrons. The number of nitrogens with two attached hydrogens (primary N) is 1. The van der Waals surface area contributed by atoms with E-state index in [1.807, 2.05) is 11.7 Å². The highest BCUT2D eigenvalue weighted by molar-refractivity contribution is 5.81. The summed E-state index contributed by atoms with van der Waals surface area (Å²) in [6, 6.07) is 8.38. The molecule has 2 N–H and O–H groups in total. The van der Waals surface area contributed by atoms with E-state index in [0.29, 0.717) is 5.92 Å². The van der Waals surface area contributed by atoms with Crippen molar-refractivity contribution in [2.45, 2.75) is 19.8 Å². The Morgan fingerprint density at radius 3 is 2.88 bits per heavy atom.